The van der Waals surface area contributed by atoms with Crippen LogP contribution in [0.3, 0.4) is 0 Å². The molecular formula is C16H22N2O2. The summed E-state index contributed by atoms with van der Waals surface area (Å²) in [7, 11) is 0. The summed E-state index contributed by atoms with van der Waals surface area (Å²) in [5, 5.41) is 5.71. The number of amides is 2. The molecular weight excluding hydrogens is 252 g/mol. The Bertz CT molecular complexity index is 502. The molecule has 20 heavy (non-hydrogen) atoms. The first-order valence-electron chi connectivity index (χ1n) is 7.04. The number of hydrogen-bond donors (Lipinski definition) is 2. The smallest absolute Gasteiger partial charge is 0.235 e. The molecule has 0 aliphatic heterocycles. The molecule has 1 aromatic rings. The highest BCUT2D eigenvalue weighted by molar-refractivity contribution is 6.04. The Balaban J connectivity index is 1.89. The summed E-state index contributed by atoms with van der Waals surface area (Å²) in [5.41, 5.74) is 1.18. The van der Waals surface area contributed by atoms with Gasteiger partial charge >= 0.3 is 0 Å². The Morgan fingerprint density at radius 1 is 1.15 bits per heavy atom. The van der Waals surface area contributed by atoms with Gasteiger partial charge in [0.2, 0.25) is 11.8 Å². The molecule has 108 valence electrons. The van der Waals surface area contributed by atoms with Crippen molar-refractivity contribution in [2.75, 3.05) is 0 Å². The van der Waals surface area contributed by atoms with Gasteiger partial charge in [0.15, 0.2) is 0 Å². The van der Waals surface area contributed by atoms with Gasteiger partial charge < -0.3 is 10.6 Å². The zero-order valence-corrected chi connectivity index (χ0v) is 12.3. The minimum Gasteiger partial charge on any atom is -0.352 e. The van der Waals surface area contributed by atoms with Crippen LogP contribution >= 0.6 is 0 Å². The van der Waals surface area contributed by atoms with Crippen LogP contribution in [0.4, 0.5) is 0 Å². The lowest BCUT2D eigenvalue weighted by atomic mass is 9.91. The highest BCUT2D eigenvalue weighted by atomic mass is 16.2. The van der Waals surface area contributed by atoms with E-state index in [0.29, 0.717) is 6.54 Å². The second-order valence-electron chi connectivity index (χ2n) is 6.04. The van der Waals surface area contributed by atoms with Gasteiger partial charge in [-0.1, -0.05) is 29.8 Å². The van der Waals surface area contributed by atoms with Crippen LogP contribution in [0, 0.1) is 12.3 Å². The molecule has 2 rings (SSSR count). The van der Waals surface area contributed by atoms with Crippen LogP contribution in [0.1, 0.15) is 37.8 Å². The van der Waals surface area contributed by atoms with Crippen molar-refractivity contribution in [1.82, 2.24) is 10.6 Å². The van der Waals surface area contributed by atoms with E-state index in [4.69, 9.17) is 0 Å². The molecule has 4 heteroatoms. The van der Waals surface area contributed by atoms with Crippen LogP contribution in [0.15, 0.2) is 24.3 Å². The summed E-state index contributed by atoms with van der Waals surface area (Å²) in [4.78, 5) is 24.2. The van der Waals surface area contributed by atoms with Gasteiger partial charge in [-0.3, -0.25) is 9.59 Å². The molecule has 1 saturated carbocycles. The van der Waals surface area contributed by atoms with Crippen molar-refractivity contribution in [2.45, 2.75) is 46.2 Å². The lowest BCUT2D eigenvalue weighted by Crippen LogP contribution is -2.48. The van der Waals surface area contributed by atoms with Crippen LogP contribution in [0.5, 0.6) is 0 Å². The Hall–Kier alpha value is -1.84. The zero-order valence-electron chi connectivity index (χ0n) is 12.3. The molecule has 0 bridgehead atoms. The van der Waals surface area contributed by atoms with E-state index in [1.165, 1.54) is 5.56 Å². The van der Waals surface area contributed by atoms with Gasteiger partial charge in [-0.25, -0.2) is 0 Å². The molecule has 0 unspecified atom stereocenters. The fourth-order valence-corrected chi connectivity index (χ4v) is 1.81. The molecule has 0 aromatic heterocycles. The lowest BCUT2D eigenvalue weighted by molar-refractivity contribution is -0.141. The Morgan fingerprint density at radius 3 is 2.30 bits per heavy atom. The average Bonchev–Trinajstić information content (AvgIpc) is 3.21. The number of benzene rings is 1. The molecule has 1 fully saturated rings. The fraction of sp³-hybridized carbons (Fsp3) is 0.500. The summed E-state index contributed by atoms with van der Waals surface area (Å²) in [6, 6.07) is 8.24. The summed E-state index contributed by atoms with van der Waals surface area (Å²) < 4.78 is 0. The Kier molecular flexibility index (Phi) is 4.12. The van der Waals surface area contributed by atoms with E-state index in [1.807, 2.05) is 31.2 Å². The summed E-state index contributed by atoms with van der Waals surface area (Å²) >= 11 is 0. The first kappa shape index (κ1) is 14.6. The molecule has 0 heterocycles. The zero-order chi connectivity index (χ0) is 14.8. The van der Waals surface area contributed by atoms with Crippen molar-refractivity contribution in [3.05, 3.63) is 35.4 Å². The van der Waals surface area contributed by atoms with E-state index in [-0.39, 0.29) is 17.9 Å². The molecule has 2 amide bonds. The molecule has 1 aliphatic carbocycles. The largest absolute Gasteiger partial charge is 0.352 e. The average molecular weight is 274 g/mol. The quantitative estimate of drug-likeness (QED) is 0.806. The van der Waals surface area contributed by atoms with Crippen molar-refractivity contribution in [2.24, 2.45) is 5.41 Å². The summed E-state index contributed by atoms with van der Waals surface area (Å²) in [6.45, 7) is 5.79. The Morgan fingerprint density at radius 2 is 1.75 bits per heavy atom. The monoisotopic (exact) mass is 274 g/mol. The highest BCUT2D eigenvalue weighted by Gasteiger charge is 2.38. The molecule has 1 aliphatic rings. The third-order valence-electron chi connectivity index (χ3n) is 3.62. The summed E-state index contributed by atoms with van der Waals surface area (Å²) in [6.07, 6.45) is 2.04. The molecule has 0 saturated heterocycles. The van der Waals surface area contributed by atoms with E-state index in [0.717, 1.165) is 18.4 Å². The van der Waals surface area contributed by atoms with Gasteiger partial charge in [0.1, 0.15) is 5.41 Å². The topological polar surface area (TPSA) is 58.2 Å². The van der Waals surface area contributed by atoms with Crippen LogP contribution in [-0.4, -0.2) is 17.9 Å². The van der Waals surface area contributed by atoms with E-state index in [2.05, 4.69) is 10.6 Å². The number of carbonyl (C=O) groups excluding carboxylic acids is 2. The van der Waals surface area contributed by atoms with Crippen LogP contribution in [0.25, 0.3) is 0 Å². The van der Waals surface area contributed by atoms with E-state index in [1.54, 1.807) is 13.8 Å². The number of nitrogens with one attached hydrogen (secondary N) is 2. The van der Waals surface area contributed by atoms with Crippen molar-refractivity contribution >= 4 is 11.8 Å². The first-order valence-corrected chi connectivity index (χ1v) is 7.04. The van der Waals surface area contributed by atoms with E-state index < -0.39 is 5.41 Å². The number of hydrogen-bond acceptors (Lipinski definition) is 2. The van der Waals surface area contributed by atoms with Crippen molar-refractivity contribution in [3.8, 4) is 0 Å². The molecule has 0 atom stereocenters. The van der Waals surface area contributed by atoms with Crippen LogP contribution in [0.2, 0.25) is 0 Å². The molecule has 0 spiro atoms. The van der Waals surface area contributed by atoms with E-state index >= 15 is 0 Å². The van der Waals surface area contributed by atoms with Gasteiger partial charge in [0.25, 0.3) is 0 Å². The molecule has 0 radical (unpaired) electrons. The molecule has 1 aromatic carbocycles. The maximum Gasteiger partial charge on any atom is 0.235 e. The minimum atomic E-state index is -1.03. The fourth-order valence-electron chi connectivity index (χ4n) is 1.81. The van der Waals surface area contributed by atoms with Gasteiger partial charge in [0, 0.05) is 12.6 Å². The maximum atomic E-state index is 12.2. The third-order valence-corrected chi connectivity index (χ3v) is 3.62. The number of rotatable bonds is 5. The predicted molar refractivity (Wildman–Crippen MR) is 78.0 cm³/mol. The second-order valence-corrected chi connectivity index (χ2v) is 6.04. The Labute approximate surface area is 119 Å². The standard InChI is InChI=1S/C16H22N2O2/c1-11-4-6-12(7-5-11)10-17-14(19)16(2,3)15(20)18-13-8-9-13/h4-7,13H,8-10H2,1-3H3,(H,17,19)(H,18,20). The highest BCUT2D eigenvalue weighted by Crippen LogP contribution is 2.23. The first-order chi connectivity index (χ1) is 9.39. The van der Waals surface area contributed by atoms with Crippen molar-refractivity contribution in [3.63, 3.8) is 0 Å². The third kappa shape index (κ3) is 3.59. The molecule has 4 nitrogen and oxygen atoms in total. The van der Waals surface area contributed by atoms with Gasteiger partial charge in [-0.05, 0) is 39.2 Å². The SMILES string of the molecule is Cc1ccc(CNC(=O)C(C)(C)C(=O)NC2CC2)cc1. The summed E-state index contributed by atoms with van der Waals surface area (Å²) in [5.74, 6) is -0.433. The normalized spacial score (nSPS) is 14.8. The predicted octanol–water partition coefficient (Wildman–Crippen LogP) is 1.92. The van der Waals surface area contributed by atoms with Gasteiger partial charge in [0.05, 0.1) is 0 Å². The van der Waals surface area contributed by atoms with Crippen molar-refractivity contribution < 1.29 is 9.59 Å². The number of carbonyl (C=O) groups is 2. The van der Waals surface area contributed by atoms with Gasteiger partial charge in [-0.15, -0.1) is 0 Å². The van der Waals surface area contributed by atoms with Crippen molar-refractivity contribution in [1.29, 1.82) is 0 Å². The number of aryl methyl sites for hydroxylation is 1. The van der Waals surface area contributed by atoms with Crippen LogP contribution in [-0.2, 0) is 16.1 Å². The van der Waals surface area contributed by atoms with E-state index in [9.17, 15) is 9.59 Å². The minimum absolute atomic E-state index is 0.193. The van der Waals surface area contributed by atoms with Crippen LogP contribution < -0.4 is 10.6 Å². The molecule has 2 N–H and O–H groups in total. The lowest BCUT2D eigenvalue weighted by Gasteiger charge is -2.22. The maximum absolute atomic E-state index is 12.2. The van der Waals surface area contributed by atoms with Gasteiger partial charge in [-0.2, -0.15) is 0 Å². The second kappa shape index (κ2) is 5.65.